The van der Waals surface area contributed by atoms with Gasteiger partial charge in [-0.25, -0.2) is 4.79 Å². The van der Waals surface area contributed by atoms with Crippen molar-refractivity contribution in [2.45, 2.75) is 4.90 Å². The van der Waals surface area contributed by atoms with Gasteiger partial charge in [0.2, 0.25) is 0 Å². The molecule has 142 valence electrons. The van der Waals surface area contributed by atoms with Crippen LogP contribution in [0.4, 0.5) is 11.4 Å². The molecular weight excluding hydrogens is 376 g/mol. The van der Waals surface area contributed by atoms with Crippen molar-refractivity contribution in [2.24, 2.45) is 0 Å². The number of carbonyl (C=O) groups is 2. The van der Waals surface area contributed by atoms with E-state index in [2.05, 4.69) is 5.32 Å². The van der Waals surface area contributed by atoms with Gasteiger partial charge in [0.15, 0.2) is 6.61 Å². The van der Waals surface area contributed by atoms with Crippen LogP contribution in [0.3, 0.4) is 0 Å². The lowest BCUT2D eigenvalue weighted by atomic mass is 10.2. The second-order valence-corrected chi connectivity index (χ2v) is 6.56. The molecule has 0 aliphatic carbocycles. The van der Waals surface area contributed by atoms with Crippen molar-refractivity contribution in [1.29, 1.82) is 0 Å². The van der Waals surface area contributed by atoms with E-state index in [0.717, 1.165) is 6.07 Å². The highest BCUT2D eigenvalue weighted by Crippen LogP contribution is 2.28. The third-order valence-electron chi connectivity index (χ3n) is 3.42. The Morgan fingerprint density at radius 1 is 1.22 bits per heavy atom. The fraction of sp³-hybridized carbons (Fsp3) is 0.176. The Morgan fingerprint density at radius 3 is 2.56 bits per heavy atom. The molecule has 0 aromatic heterocycles. The molecule has 1 amide bonds. The summed E-state index contributed by atoms with van der Waals surface area (Å²) in [6.45, 7) is -0.630. The molecule has 0 fully saturated rings. The van der Waals surface area contributed by atoms with E-state index in [9.17, 15) is 23.9 Å². The second kappa shape index (κ2) is 8.90. The highest BCUT2D eigenvalue weighted by atomic mass is 32.2. The van der Waals surface area contributed by atoms with Crippen LogP contribution in [-0.2, 0) is 20.3 Å². The maximum atomic E-state index is 12.1. The molecule has 2 aromatic rings. The highest BCUT2D eigenvalue weighted by molar-refractivity contribution is 7.84. The van der Waals surface area contributed by atoms with Crippen LogP contribution in [0.1, 0.15) is 10.4 Å². The normalized spacial score (nSPS) is 11.3. The molecule has 0 radical (unpaired) electrons. The van der Waals surface area contributed by atoms with Crippen LogP contribution in [0, 0.1) is 10.1 Å². The fourth-order valence-corrected chi connectivity index (χ4v) is 2.92. The topological polar surface area (TPSA) is 125 Å². The third kappa shape index (κ3) is 5.11. The molecule has 27 heavy (non-hydrogen) atoms. The van der Waals surface area contributed by atoms with E-state index in [-0.39, 0.29) is 22.7 Å². The van der Waals surface area contributed by atoms with Crippen molar-refractivity contribution < 1.29 is 28.2 Å². The highest BCUT2D eigenvalue weighted by Gasteiger charge is 2.18. The van der Waals surface area contributed by atoms with Crippen molar-refractivity contribution >= 4 is 34.1 Å². The van der Waals surface area contributed by atoms with Crippen LogP contribution in [-0.4, -0.2) is 41.0 Å². The Kier molecular flexibility index (Phi) is 6.61. The quantitative estimate of drug-likeness (QED) is 0.435. The van der Waals surface area contributed by atoms with Gasteiger partial charge in [0.25, 0.3) is 11.6 Å². The monoisotopic (exact) mass is 392 g/mol. The summed E-state index contributed by atoms with van der Waals surface area (Å²) in [5.74, 6) is -1.30. The molecule has 0 unspecified atom stereocenters. The molecule has 0 aliphatic rings. The van der Waals surface area contributed by atoms with E-state index in [4.69, 9.17) is 9.47 Å². The van der Waals surface area contributed by atoms with E-state index in [1.807, 2.05) is 0 Å². The first-order valence-electron chi connectivity index (χ1n) is 7.55. The number of nitrogens with one attached hydrogen (secondary N) is 1. The average molecular weight is 392 g/mol. The molecule has 2 rings (SSSR count). The molecule has 1 atom stereocenters. The van der Waals surface area contributed by atoms with Gasteiger partial charge in [-0.2, -0.15) is 0 Å². The summed E-state index contributed by atoms with van der Waals surface area (Å²) in [5, 5.41) is 13.3. The number of amides is 1. The van der Waals surface area contributed by atoms with Crippen LogP contribution in [0.25, 0.3) is 0 Å². The molecule has 10 heteroatoms. The lowest BCUT2D eigenvalue weighted by Crippen LogP contribution is -2.21. The zero-order valence-electron chi connectivity index (χ0n) is 14.5. The van der Waals surface area contributed by atoms with Gasteiger partial charge in [-0.15, -0.1) is 0 Å². The SMILES string of the molecule is COc1ccc([N+](=O)[O-])cc1NC(=O)COC(=O)c1ccccc1[S@](C)=O. The lowest BCUT2D eigenvalue weighted by Gasteiger charge is -2.11. The van der Waals surface area contributed by atoms with Gasteiger partial charge < -0.3 is 14.8 Å². The molecule has 0 saturated heterocycles. The summed E-state index contributed by atoms with van der Waals surface area (Å²) in [4.78, 5) is 34.7. The zero-order chi connectivity index (χ0) is 20.0. The summed E-state index contributed by atoms with van der Waals surface area (Å²) < 4.78 is 21.6. The van der Waals surface area contributed by atoms with Crippen LogP contribution in [0.15, 0.2) is 47.4 Å². The number of nitrogens with zero attached hydrogens (tertiary/aromatic N) is 1. The number of nitro benzene ring substituents is 1. The zero-order valence-corrected chi connectivity index (χ0v) is 15.3. The standard InChI is InChI=1S/C17H16N2O7S/c1-25-14-8-7-11(19(22)23)9-13(14)18-16(20)10-26-17(21)12-5-3-4-6-15(12)27(2)24/h3-9H,10H2,1-2H3,(H,18,20)/t27-/m0/s1. The number of anilines is 1. The van der Waals surface area contributed by atoms with Crippen LogP contribution in [0.5, 0.6) is 5.75 Å². The molecule has 0 aliphatic heterocycles. The fourth-order valence-electron chi connectivity index (χ4n) is 2.19. The number of benzene rings is 2. The molecular formula is C17H16N2O7S. The van der Waals surface area contributed by atoms with Crippen molar-refractivity contribution in [3.8, 4) is 5.75 Å². The molecule has 2 aromatic carbocycles. The van der Waals surface area contributed by atoms with Crippen LogP contribution >= 0.6 is 0 Å². The average Bonchev–Trinajstić information content (AvgIpc) is 2.65. The Morgan fingerprint density at radius 2 is 1.93 bits per heavy atom. The molecule has 1 N–H and O–H groups in total. The van der Waals surface area contributed by atoms with Gasteiger partial charge in [-0.05, 0) is 18.2 Å². The van der Waals surface area contributed by atoms with Crippen molar-refractivity contribution in [2.75, 3.05) is 25.3 Å². The molecule has 9 nitrogen and oxygen atoms in total. The Labute approximate surface area is 156 Å². The molecule has 0 bridgehead atoms. The van der Waals surface area contributed by atoms with E-state index in [1.165, 1.54) is 37.6 Å². The number of non-ortho nitro benzene ring substituents is 1. The van der Waals surface area contributed by atoms with E-state index >= 15 is 0 Å². The van der Waals surface area contributed by atoms with Crippen molar-refractivity contribution in [1.82, 2.24) is 0 Å². The smallest absolute Gasteiger partial charge is 0.339 e. The number of rotatable bonds is 7. The van der Waals surface area contributed by atoms with E-state index in [1.54, 1.807) is 12.1 Å². The molecule has 0 saturated carbocycles. The van der Waals surface area contributed by atoms with Crippen LogP contribution < -0.4 is 10.1 Å². The number of hydrogen-bond acceptors (Lipinski definition) is 7. The number of hydrogen-bond donors (Lipinski definition) is 1. The second-order valence-electron chi connectivity index (χ2n) is 5.22. The minimum Gasteiger partial charge on any atom is -0.495 e. The third-order valence-corrected chi connectivity index (χ3v) is 4.39. The minimum atomic E-state index is -1.40. The van der Waals surface area contributed by atoms with Crippen molar-refractivity contribution in [3.63, 3.8) is 0 Å². The maximum absolute atomic E-state index is 12.1. The number of nitro groups is 1. The Balaban J connectivity index is 2.07. The first kappa shape index (κ1) is 20.0. The summed E-state index contributed by atoms with van der Waals surface area (Å²) in [7, 11) is -0.0543. The number of methoxy groups -OCH3 is 1. The van der Waals surface area contributed by atoms with Gasteiger partial charge in [0.1, 0.15) is 5.75 Å². The summed E-state index contributed by atoms with van der Waals surface area (Å²) in [5.41, 5.74) is -0.0654. The minimum absolute atomic E-state index is 0.0720. The first-order valence-corrected chi connectivity index (χ1v) is 9.11. The number of carbonyl (C=O) groups excluding carboxylic acids is 2. The molecule has 0 spiro atoms. The first-order chi connectivity index (χ1) is 12.8. The summed E-state index contributed by atoms with van der Waals surface area (Å²) in [6, 6.07) is 9.90. The van der Waals surface area contributed by atoms with Crippen LogP contribution in [0.2, 0.25) is 0 Å². The number of esters is 1. The Hall–Kier alpha value is -3.27. The van der Waals surface area contributed by atoms with E-state index in [0.29, 0.717) is 4.90 Å². The molecule has 0 heterocycles. The van der Waals surface area contributed by atoms with Gasteiger partial charge in [0.05, 0.1) is 39.0 Å². The van der Waals surface area contributed by atoms with Gasteiger partial charge in [0, 0.05) is 18.4 Å². The largest absolute Gasteiger partial charge is 0.495 e. The number of ether oxygens (including phenoxy) is 2. The maximum Gasteiger partial charge on any atom is 0.339 e. The summed E-state index contributed by atoms with van der Waals surface area (Å²) >= 11 is 0. The predicted octanol–water partition coefficient (Wildman–Crippen LogP) is 2.14. The lowest BCUT2D eigenvalue weighted by molar-refractivity contribution is -0.384. The van der Waals surface area contributed by atoms with E-state index < -0.39 is 34.2 Å². The Bertz CT molecular complexity index is 914. The summed E-state index contributed by atoms with van der Waals surface area (Å²) in [6.07, 6.45) is 1.42. The van der Waals surface area contributed by atoms with Crippen molar-refractivity contribution in [3.05, 3.63) is 58.1 Å². The van der Waals surface area contributed by atoms with Gasteiger partial charge in [-0.3, -0.25) is 19.1 Å². The predicted molar refractivity (Wildman–Crippen MR) is 97.3 cm³/mol. The van der Waals surface area contributed by atoms with Gasteiger partial charge >= 0.3 is 5.97 Å². The van der Waals surface area contributed by atoms with Gasteiger partial charge in [-0.1, -0.05) is 12.1 Å².